The quantitative estimate of drug-likeness (QED) is 0.836. The SMILES string of the molecule is COC(=O)c1ccc(CS(=O)(=O)Nc2ccc(Cl)cc2C)cc1. The molecule has 7 heteroatoms. The Labute approximate surface area is 140 Å². The fraction of sp³-hybridized carbons (Fsp3) is 0.188. The van der Waals surface area contributed by atoms with Crippen LogP contribution in [0.3, 0.4) is 0 Å². The van der Waals surface area contributed by atoms with Crippen LogP contribution in [0.15, 0.2) is 42.5 Å². The smallest absolute Gasteiger partial charge is 0.337 e. The Morgan fingerprint density at radius 3 is 2.39 bits per heavy atom. The summed E-state index contributed by atoms with van der Waals surface area (Å²) in [5.74, 6) is -0.661. The predicted octanol–water partition coefficient (Wildman–Crippen LogP) is 3.38. The summed E-state index contributed by atoms with van der Waals surface area (Å²) in [4.78, 5) is 11.4. The van der Waals surface area contributed by atoms with Crippen LogP contribution >= 0.6 is 11.6 Å². The van der Waals surface area contributed by atoms with Gasteiger partial charge in [-0.2, -0.15) is 0 Å². The van der Waals surface area contributed by atoms with E-state index in [1.807, 2.05) is 0 Å². The van der Waals surface area contributed by atoms with E-state index in [9.17, 15) is 13.2 Å². The highest BCUT2D eigenvalue weighted by Gasteiger charge is 2.14. The number of carbonyl (C=O) groups excluding carboxylic acids is 1. The molecule has 0 heterocycles. The zero-order valence-electron chi connectivity index (χ0n) is 12.7. The molecule has 2 aromatic carbocycles. The second-order valence-corrected chi connectivity index (χ2v) is 7.17. The zero-order chi connectivity index (χ0) is 17.0. The Morgan fingerprint density at radius 1 is 1.17 bits per heavy atom. The minimum Gasteiger partial charge on any atom is -0.465 e. The van der Waals surface area contributed by atoms with Gasteiger partial charge < -0.3 is 4.74 Å². The van der Waals surface area contributed by atoms with E-state index in [-0.39, 0.29) is 5.75 Å². The highest BCUT2D eigenvalue weighted by Crippen LogP contribution is 2.21. The molecule has 0 fully saturated rings. The number of sulfonamides is 1. The van der Waals surface area contributed by atoms with Crippen LogP contribution in [-0.4, -0.2) is 21.5 Å². The third-order valence-corrected chi connectivity index (χ3v) is 4.67. The first-order valence-electron chi connectivity index (χ1n) is 6.74. The van der Waals surface area contributed by atoms with E-state index in [0.717, 1.165) is 5.56 Å². The largest absolute Gasteiger partial charge is 0.465 e. The molecule has 0 unspecified atom stereocenters. The Balaban J connectivity index is 2.13. The molecule has 1 N–H and O–H groups in total. The van der Waals surface area contributed by atoms with E-state index < -0.39 is 16.0 Å². The van der Waals surface area contributed by atoms with Crippen molar-refractivity contribution in [3.63, 3.8) is 0 Å². The van der Waals surface area contributed by atoms with E-state index in [2.05, 4.69) is 9.46 Å². The molecule has 0 bridgehead atoms. The summed E-state index contributed by atoms with van der Waals surface area (Å²) >= 11 is 5.86. The fourth-order valence-electron chi connectivity index (χ4n) is 2.02. The van der Waals surface area contributed by atoms with Crippen molar-refractivity contribution in [3.05, 3.63) is 64.2 Å². The molecule has 5 nitrogen and oxygen atoms in total. The van der Waals surface area contributed by atoms with Gasteiger partial charge in [-0.15, -0.1) is 0 Å². The monoisotopic (exact) mass is 353 g/mol. The molecule has 0 saturated heterocycles. The molecule has 0 saturated carbocycles. The molecule has 122 valence electrons. The van der Waals surface area contributed by atoms with Gasteiger partial charge in [0.1, 0.15) is 0 Å². The minimum atomic E-state index is -3.57. The van der Waals surface area contributed by atoms with Crippen LogP contribution in [-0.2, 0) is 20.5 Å². The van der Waals surface area contributed by atoms with Crippen molar-refractivity contribution in [2.75, 3.05) is 11.8 Å². The first kappa shape index (κ1) is 17.3. The maximum atomic E-state index is 12.2. The first-order valence-corrected chi connectivity index (χ1v) is 8.77. The van der Waals surface area contributed by atoms with Gasteiger partial charge in [0.15, 0.2) is 0 Å². The van der Waals surface area contributed by atoms with Crippen LogP contribution in [0.25, 0.3) is 0 Å². The lowest BCUT2D eigenvalue weighted by Crippen LogP contribution is -2.16. The molecule has 0 atom stereocenters. The van der Waals surface area contributed by atoms with Crippen LogP contribution in [0.5, 0.6) is 0 Å². The molecule has 2 rings (SSSR count). The number of carbonyl (C=O) groups is 1. The van der Waals surface area contributed by atoms with Crippen LogP contribution in [0.1, 0.15) is 21.5 Å². The summed E-state index contributed by atoms with van der Waals surface area (Å²) in [6.45, 7) is 1.77. The summed E-state index contributed by atoms with van der Waals surface area (Å²) in [6.07, 6.45) is 0. The van der Waals surface area contributed by atoms with Gasteiger partial charge in [0.2, 0.25) is 10.0 Å². The van der Waals surface area contributed by atoms with Crippen molar-refractivity contribution < 1.29 is 17.9 Å². The third kappa shape index (κ3) is 4.71. The van der Waals surface area contributed by atoms with E-state index in [4.69, 9.17) is 11.6 Å². The average molecular weight is 354 g/mol. The highest BCUT2D eigenvalue weighted by atomic mass is 35.5. The molecule has 2 aromatic rings. The van der Waals surface area contributed by atoms with Crippen LogP contribution in [0.2, 0.25) is 5.02 Å². The molecule has 0 aliphatic rings. The molecule has 0 aromatic heterocycles. The van der Waals surface area contributed by atoms with Gasteiger partial charge in [-0.05, 0) is 48.4 Å². The van der Waals surface area contributed by atoms with Gasteiger partial charge in [-0.3, -0.25) is 4.72 Å². The number of hydrogen-bond donors (Lipinski definition) is 1. The van der Waals surface area contributed by atoms with Gasteiger partial charge in [0.25, 0.3) is 0 Å². The second kappa shape index (κ2) is 7.02. The van der Waals surface area contributed by atoms with Crippen molar-refractivity contribution in [3.8, 4) is 0 Å². The Morgan fingerprint density at radius 2 is 1.83 bits per heavy atom. The number of methoxy groups -OCH3 is 1. The summed E-state index contributed by atoms with van der Waals surface area (Å²) in [6, 6.07) is 11.2. The second-order valence-electron chi connectivity index (χ2n) is 5.01. The van der Waals surface area contributed by atoms with Crippen molar-refractivity contribution in [1.29, 1.82) is 0 Å². The number of halogens is 1. The van der Waals surface area contributed by atoms with Gasteiger partial charge in [-0.1, -0.05) is 23.7 Å². The molecule has 0 aliphatic heterocycles. The zero-order valence-corrected chi connectivity index (χ0v) is 14.2. The first-order chi connectivity index (χ1) is 10.8. The Bertz CT molecular complexity index is 816. The van der Waals surface area contributed by atoms with Gasteiger partial charge in [0.05, 0.1) is 24.1 Å². The maximum Gasteiger partial charge on any atom is 0.337 e. The number of rotatable bonds is 5. The lowest BCUT2D eigenvalue weighted by atomic mass is 10.1. The summed E-state index contributed by atoms with van der Waals surface area (Å²) in [7, 11) is -2.28. The lowest BCUT2D eigenvalue weighted by Gasteiger charge is -2.11. The van der Waals surface area contributed by atoms with Crippen molar-refractivity contribution in [2.45, 2.75) is 12.7 Å². The normalized spacial score (nSPS) is 11.1. The molecule has 0 aliphatic carbocycles. The van der Waals surface area contributed by atoms with Crippen molar-refractivity contribution >= 4 is 33.3 Å². The number of benzene rings is 2. The van der Waals surface area contributed by atoms with Crippen LogP contribution in [0, 0.1) is 6.92 Å². The number of esters is 1. The summed E-state index contributed by atoms with van der Waals surface area (Å²) in [5.41, 5.74) is 2.16. The molecule has 0 amide bonds. The molecular formula is C16H16ClNO4S. The van der Waals surface area contributed by atoms with E-state index >= 15 is 0 Å². The molecular weight excluding hydrogens is 338 g/mol. The third-order valence-electron chi connectivity index (χ3n) is 3.19. The topological polar surface area (TPSA) is 72.5 Å². The van der Waals surface area contributed by atoms with E-state index in [1.165, 1.54) is 19.2 Å². The van der Waals surface area contributed by atoms with E-state index in [1.54, 1.807) is 37.3 Å². The molecule has 23 heavy (non-hydrogen) atoms. The summed E-state index contributed by atoms with van der Waals surface area (Å²) in [5, 5.41) is 0.545. The van der Waals surface area contributed by atoms with Crippen LogP contribution < -0.4 is 4.72 Å². The van der Waals surface area contributed by atoms with Crippen molar-refractivity contribution in [1.82, 2.24) is 0 Å². The average Bonchev–Trinajstić information content (AvgIpc) is 2.49. The molecule has 0 radical (unpaired) electrons. The number of ether oxygens (including phenoxy) is 1. The maximum absolute atomic E-state index is 12.2. The predicted molar refractivity (Wildman–Crippen MR) is 90.2 cm³/mol. The van der Waals surface area contributed by atoms with Gasteiger partial charge >= 0.3 is 5.97 Å². The van der Waals surface area contributed by atoms with Crippen LogP contribution in [0.4, 0.5) is 5.69 Å². The Hall–Kier alpha value is -2.05. The number of hydrogen-bond acceptors (Lipinski definition) is 4. The number of nitrogens with one attached hydrogen (secondary N) is 1. The molecule has 0 spiro atoms. The summed E-state index contributed by atoms with van der Waals surface area (Å²) < 4.78 is 31.6. The highest BCUT2D eigenvalue weighted by molar-refractivity contribution is 7.91. The minimum absolute atomic E-state index is 0.198. The number of aryl methyl sites for hydroxylation is 1. The standard InChI is InChI=1S/C16H16ClNO4S/c1-11-9-14(17)7-8-15(11)18-23(20,21)10-12-3-5-13(6-4-12)16(19)22-2/h3-9,18H,10H2,1-2H3. The van der Waals surface area contributed by atoms with Gasteiger partial charge in [-0.25, -0.2) is 13.2 Å². The lowest BCUT2D eigenvalue weighted by molar-refractivity contribution is 0.0600. The Kier molecular flexibility index (Phi) is 5.28. The number of anilines is 1. The van der Waals surface area contributed by atoms with E-state index in [0.29, 0.717) is 21.8 Å². The van der Waals surface area contributed by atoms with Gasteiger partial charge in [0, 0.05) is 5.02 Å². The fourth-order valence-corrected chi connectivity index (χ4v) is 3.51. The van der Waals surface area contributed by atoms with Crippen molar-refractivity contribution in [2.24, 2.45) is 0 Å².